The number of benzene rings is 2. The summed E-state index contributed by atoms with van der Waals surface area (Å²) >= 11 is 9.44. The zero-order chi connectivity index (χ0) is 23.8. The lowest BCUT2D eigenvalue weighted by molar-refractivity contribution is 1.46. The van der Waals surface area contributed by atoms with Gasteiger partial charge in [0.1, 0.15) is 0 Å². The van der Waals surface area contributed by atoms with Crippen molar-refractivity contribution in [3.05, 3.63) is 105 Å². The average molecular weight is 543 g/mol. The molecule has 0 unspecified atom stereocenters. The summed E-state index contributed by atoms with van der Waals surface area (Å²) in [6.07, 6.45) is 8.86. The quantitative estimate of drug-likeness (QED) is 0.202. The molecule has 0 atom stereocenters. The molecule has 6 rings (SSSR count). The largest absolute Gasteiger partial charge is 0.135 e. The summed E-state index contributed by atoms with van der Waals surface area (Å²) in [5.41, 5.74) is 5.08. The SMILES string of the molecule is Cc1ccc(/C=C/c2cc3sc(Sc4cc5sc(/C=C/c6ccc(C)cc6)cc5s4)cc3s2)cc1. The molecule has 0 aliphatic carbocycles. The highest BCUT2D eigenvalue weighted by Gasteiger charge is 2.11. The predicted molar refractivity (Wildman–Crippen MR) is 164 cm³/mol. The normalized spacial score (nSPS) is 12.2. The van der Waals surface area contributed by atoms with Crippen LogP contribution in [0, 0.1) is 13.8 Å². The Morgan fingerprint density at radius 1 is 0.486 bits per heavy atom. The Hall–Kier alpha value is -2.41. The fourth-order valence-electron chi connectivity index (χ4n) is 3.74. The molecule has 0 N–H and O–H groups in total. The molecule has 0 saturated carbocycles. The van der Waals surface area contributed by atoms with E-state index in [9.17, 15) is 0 Å². The molecule has 172 valence electrons. The van der Waals surface area contributed by atoms with E-state index >= 15 is 0 Å². The van der Waals surface area contributed by atoms with Gasteiger partial charge in [-0.25, -0.2) is 0 Å². The van der Waals surface area contributed by atoms with Crippen LogP contribution in [0.25, 0.3) is 43.1 Å². The number of aryl methyl sites for hydroxylation is 2. The highest BCUT2D eigenvalue weighted by atomic mass is 32.2. The van der Waals surface area contributed by atoms with Crippen molar-refractivity contribution >= 4 is 100 Å². The number of rotatable bonds is 6. The van der Waals surface area contributed by atoms with Crippen LogP contribution in [0.5, 0.6) is 0 Å². The molecule has 4 heterocycles. The van der Waals surface area contributed by atoms with Crippen molar-refractivity contribution in [2.45, 2.75) is 22.3 Å². The molecule has 2 aromatic carbocycles. The van der Waals surface area contributed by atoms with Crippen molar-refractivity contribution in [1.29, 1.82) is 0 Å². The van der Waals surface area contributed by atoms with Crippen molar-refractivity contribution < 1.29 is 0 Å². The second kappa shape index (κ2) is 9.92. The van der Waals surface area contributed by atoms with Gasteiger partial charge in [-0.1, -0.05) is 83.6 Å². The van der Waals surface area contributed by atoms with Gasteiger partial charge in [-0.05, 0) is 61.4 Å². The summed E-state index contributed by atoms with van der Waals surface area (Å²) in [5, 5.41) is 0. The molecule has 0 spiro atoms. The molecule has 0 aliphatic heterocycles. The van der Waals surface area contributed by atoms with Gasteiger partial charge in [0.25, 0.3) is 0 Å². The molecule has 5 heteroatoms. The first-order chi connectivity index (χ1) is 17.1. The third kappa shape index (κ3) is 5.40. The fourth-order valence-corrected chi connectivity index (χ4v) is 10.1. The van der Waals surface area contributed by atoms with Gasteiger partial charge in [0, 0.05) is 28.6 Å². The van der Waals surface area contributed by atoms with Gasteiger partial charge in [-0.3, -0.25) is 0 Å². The molecule has 6 aromatic rings. The molecule has 0 nitrogen and oxygen atoms in total. The zero-order valence-electron chi connectivity index (χ0n) is 19.3. The van der Waals surface area contributed by atoms with E-state index in [0.29, 0.717) is 0 Å². The Labute approximate surface area is 225 Å². The van der Waals surface area contributed by atoms with E-state index in [2.05, 4.69) is 111 Å². The van der Waals surface area contributed by atoms with E-state index in [1.807, 2.05) is 57.1 Å². The fraction of sp³-hybridized carbons (Fsp3) is 0.0667. The molecule has 0 saturated heterocycles. The van der Waals surface area contributed by atoms with Crippen molar-refractivity contribution in [1.82, 2.24) is 0 Å². The minimum Gasteiger partial charge on any atom is -0.135 e. The summed E-state index contributed by atoms with van der Waals surface area (Å²) in [7, 11) is 0. The van der Waals surface area contributed by atoms with E-state index in [0.717, 1.165) is 0 Å². The Morgan fingerprint density at radius 2 is 0.886 bits per heavy atom. The first-order valence-electron chi connectivity index (χ1n) is 11.3. The van der Waals surface area contributed by atoms with Crippen LogP contribution in [0.2, 0.25) is 0 Å². The van der Waals surface area contributed by atoms with Crippen LogP contribution >= 0.6 is 57.1 Å². The van der Waals surface area contributed by atoms with Gasteiger partial charge >= 0.3 is 0 Å². The van der Waals surface area contributed by atoms with Gasteiger partial charge < -0.3 is 0 Å². The maximum atomic E-state index is 2.35. The minimum atomic E-state index is 1.25. The van der Waals surface area contributed by atoms with Gasteiger partial charge in [-0.15, -0.1) is 45.3 Å². The Morgan fingerprint density at radius 3 is 1.29 bits per heavy atom. The van der Waals surface area contributed by atoms with Crippen LogP contribution in [0.15, 0.2) is 81.2 Å². The van der Waals surface area contributed by atoms with E-state index in [4.69, 9.17) is 0 Å². The minimum absolute atomic E-state index is 1.25. The topological polar surface area (TPSA) is 0 Å². The molecule has 35 heavy (non-hydrogen) atoms. The number of fused-ring (bicyclic) bond motifs is 2. The van der Waals surface area contributed by atoms with Crippen LogP contribution in [0.3, 0.4) is 0 Å². The number of hydrogen-bond acceptors (Lipinski definition) is 5. The van der Waals surface area contributed by atoms with Crippen molar-refractivity contribution in [3.8, 4) is 0 Å². The van der Waals surface area contributed by atoms with Crippen LogP contribution in [-0.2, 0) is 0 Å². The van der Waals surface area contributed by atoms with Crippen LogP contribution in [0.1, 0.15) is 32.0 Å². The third-order valence-corrected chi connectivity index (χ3v) is 11.4. The first-order valence-corrected chi connectivity index (χ1v) is 15.4. The van der Waals surface area contributed by atoms with E-state index in [-0.39, 0.29) is 0 Å². The maximum Gasteiger partial charge on any atom is 0.0675 e. The monoisotopic (exact) mass is 542 g/mol. The van der Waals surface area contributed by atoms with Gasteiger partial charge in [0.15, 0.2) is 0 Å². The smallest absolute Gasteiger partial charge is 0.0675 e. The molecule has 0 bridgehead atoms. The Kier molecular flexibility index (Phi) is 6.52. The molecular weight excluding hydrogens is 521 g/mol. The molecule has 4 aromatic heterocycles. The first kappa shape index (κ1) is 23.0. The molecule has 0 aliphatic rings. The van der Waals surface area contributed by atoms with Crippen LogP contribution in [-0.4, -0.2) is 0 Å². The second-order valence-electron chi connectivity index (χ2n) is 8.48. The molecule has 0 fully saturated rings. The Balaban J connectivity index is 1.13. The van der Waals surface area contributed by atoms with Gasteiger partial charge in [0.05, 0.1) is 8.42 Å². The Bertz CT molecular complexity index is 1480. The summed E-state index contributed by atoms with van der Waals surface area (Å²) in [6, 6.07) is 26.7. The summed E-state index contributed by atoms with van der Waals surface area (Å²) in [5.74, 6) is 0. The molecule has 0 radical (unpaired) electrons. The highest BCUT2D eigenvalue weighted by molar-refractivity contribution is 8.03. The standard InChI is InChI=1S/C30H22S5/c1-19-3-7-21(8-4-19)11-13-23-15-25-27(31-23)17-29(33-25)35-30-18-28-26(34-30)16-24(32-28)14-12-22-9-5-20(2)6-10-22/h3-18H,1-2H3/b13-11+,14-12+. The van der Waals surface area contributed by atoms with E-state index in [1.165, 1.54) is 59.2 Å². The van der Waals surface area contributed by atoms with Crippen molar-refractivity contribution in [2.24, 2.45) is 0 Å². The lowest BCUT2D eigenvalue weighted by Crippen LogP contribution is -1.72. The number of hydrogen-bond donors (Lipinski definition) is 0. The van der Waals surface area contributed by atoms with E-state index in [1.54, 1.807) is 0 Å². The number of thiophene rings is 4. The predicted octanol–water partition coefficient (Wildman–Crippen LogP) is 11.3. The third-order valence-electron chi connectivity index (χ3n) is 5.64. The summed E-state index contributed by atoms with van der Waals surface area (Å²) < 4.78 is 8.25. The maximum absolute atomic E-state index is 2.35. The zero-order valence-corrected chi connectivity index (χ0v) is 23.4. The lowest BCUT2D eigenvalue weighted by Gasteiger charge is -1.94. The summed E-state index contributed by atoms with van der Waals surface area (Å²) in [6.45, 7) is 4.25. The lowest BCUT2D eigenvalue weighted by atomic mass is 10.1. The van der Waals surface area contributed by atoms with Crippen molar-refractivity contribution in [3.63, 3.8) is 0 Å². The van der Waals surface area contributed by atoms with Crippen molar-refractivity contribution in [2.75, 3.05) is 0 Å². The second-order valence-corrected chi connectivity index (χ2v) is 14.5. The van der Waals surface area contributed by atoms with Gasteiger partial charge in [0.2, 0.25) is 0 Å². The average Bonchev–Trinajstić information content (AvgIpc) is 3.58. The molecular formula is C30H22S5. The highest BCUT2D eigenvalue weighted by Crippen LogP contribution is 2.45. The van der Waals surface area contributed by atoms with Gasteiger partial charge in [-0.2, -0.15) is 0 Å². The molecule has 0 amide bonds. The van der Waals surface area contributed by atoms with Crippen LogP contribution in [0.4, 0.5) is 0 Å². The van der Waals surface area contributed by atoms with E-state index < -0.39 is 0 Å². The van der Waals surface area contributed by atoms with Crippen LogP contribution < -0.4 is 0 Å². The summed E-state index contributed by atoms with van der Waals surface area (Å²) in [4.78, 5) is 2.62.